The van der Waals surface area contributed by atoms with Crippen LogP contribution in [0.15, 0.2) is 70.2 Å². The minimum atomic E-state index is -0.0992. The molecule has 0 bridgehead atoms. The van der Waals surface area contributed by atoms with Crippen LogP contribution in [0.1, 0.15) is 34.2 Å². The highest BCUT2D eigenvalue weighted by molar-refractivity contribution is 7.98. The molecule has 144 valence electrons. The Hall–Kier alpha value is -2.66. The zero-order valence-corrected chi connectivity index (χ0v) is 17.0. The zero-order chi connectivity index (χ0) is 19.5. The van der Waals surface area contributed by atoms with E-state index in [2.05, 4.69) is 59.8 Å². The third-order valence-electron chi connectivity index (χ3n) is 5.26. The number of hydrogen-bond acceptors (Lipinski definition) is 4. The summed E-state index contributed by atoms with van der Waals surface area (Å²) < 4.78 is 5.69. The van der Waals surface area contributed by atoms with Gasteiger partial charge in [0, 0.05) is 23.2 Å². The van der Waals surface area contributed by atoms with Gasteiger partial charge in [0.2, 0.25) is 0 Å². The quantitative estimate of drug-likeness (QED) is 0.607. The molecule has 3 aromatic rings. The van der Waals surface area contributed by atoms with E-state index in [1.54, 1.807) is 24.1 Å². The molecule has 2 aromatic carbocycles. The summed E-state index contributed by atoms with van der Waals surface area (Å²) in [5.41, 5.74) is 4.27. The van der Waals surface area contributed by atoms with Crippen LogP contribution in [0.2, 0.25) is 0 Å². The number of anilines is 1. The van der Waals surface area contributed by atoms with Crippen molar-refractivity contribution < 1.29 is 9.21 Å². The van der Waals surface area contributed by atoms with Gasteiger partial charge in [-0.1, -0.05) is 30.3 Å². The molecule has 0 saturated heterocycles. The fourth-order valence-corrected chi connectivity index (χ4v) is 4.12. The Labute approximate surface area is 169 Å². The van der Waals surface area contributed by atoms with Gasteiger partial charge in [0.25, 0.3) is 5.91 Å². The lowest BCUT2D eigenvalue weighted by Crippen LogP contribution is -2.30. The number of nitrogens with one attached hydrogen (secondary N) is 1. The van der Waals surface area contributed by atoms with Gasteiger partial charge in [-0.3, -0.25) is 4.79 Å². The van der Waals surface area contributed by atoms with Crippen molar-refractivity contribution in [3.8, 4) is 0 Å². The molecule has 0 saturated carbocycles. The third-order valence-corrected chi connectivity index (χ3v) is 6.01. The molecule has 1 aromatic heterocycles. The fourth-order valence-electron chi connectivity index (χ4n) is 3.71. The van der Waals surface area contributed by atoms with E-state index in [0.29, 0.717) is 30.5 Å². The molecule has 2 heterocycles. The van der Waals surface area contributed by atoms with Crippen LogP contribution in [0.5, 0.6) is 0 Å². The van der Waals surface area contributed by atoms with Crippen LogP contribution in [0.3, 0.4) is 0 Å². The number of nitrogens with zero attached hydrogens (tertiary/aromatic N) is 1. The molecule has 4 nitrogen and oxygen atoms in total. The number of carbonyl (C=O) groups excluding carboxylic acids is 1. The minimum Gasteiger partial charge on any atom is -0.467 e. The molecule has 0 fully saturated rings. The first kappa shape index (κ1) is 18.7. The van der Waals surface area contributed by atoms with Gasteiger partial charge in [-0.25, -0.2) is 0 Å². The minimum absolute atomic E-state index is 0.0992. The van der Waals surface area contributed by atoms with Crippen LogP contribution in [-0.2, 0) is 19.5 Å². The first-order chi connectivity index (χ1) is 13.7. The van der Waals surface area contributed by atoms with Gasteiger partial charge in [0.1, 0.15) is 5.76 Å². The summed E-state index contributed by atoms with van der Waals surface area (Å²) in [5.74, 6) is 0.608. The molecule has 1 unspecified atom stereocenters. The molecule has 1 atom stereocenters. The van der Waals surface area contributed by atoms with Crippen LogP contribution in [0, 0.1) is 0 Å². The predicted octanol–water partition coefficient (Wildman–Crippen LogP) is 4.88. The molecule has 0 spiro atoms. The van der Waals surface area contributed by atoms with E-state index in [1.807, 2.05) is 12.1 Å². The standard InChI is InChI=1S/C23H24N2O2S/c1-16-13-18-5-3-4-6-21(18)25(16)15-22-20(11-12-27-22)23(26)24-14-17-7-9-19(28-2)10-8-17/h3-12,16H,13-15H2,1-2H3,(H,24,26). The molecule has 0 radical (unpaired) electrons. The van der Waals surface area contributed by atoms with Crippen molar-refractivity contribution in [1.29, 1.82) is 0 Å². The van der Waals surface area contributed by atoms with Crippen molar-refractivity contribution in [1.82, 2.24) is 5.32 Å². The van der Waals surface area contributed by atoms with E-state index in [9.17, 15) is 4.79 Å². The lowest BCUT2D eigenvalue weighted by molar-refractivity contribution is 0.0949. The second-order valence-electron chi connectivity index (χ2n) is 7.10. The lowest BCUT2D eigenvalue weighted by atomic mass is 10.1. The maximum absolute atomic E-state index is 12.7. The second kappa shape index (κ2) is 8.15. The van der Waals surface area contributed by atoms with Crippen molar-refractivity contribution in [2.45, 2.75) is 37.4 Å². The van der Waals surface area contributed by atoms with Crippen molar-refractivity contribution in [2.75, 3.05) is 11.2 Å². The monoisotopic (exact) mass is 392 g/mol. The van der Waals surface area contributed by atoms with E-state index in [-0.39, 0.29) is 5.91 Å². The molecule has 4 rings (SSSR count). The molecule has 1 aliphatic heterocycles. The van der Waals surface area contributed by atoms with Crippen LogP contribution in [0.4, 0.5) is 5.69 Å². The number of thioether (sulfide) groups is 1. The Balaban J connectivity index is 1.44. The summed E-state index contributed by atoms with van der Waals surface area (Å²) in [7, 11) is 0. The zero-order valence-electron chi connectivity index (χ0n) is 16.1. The van der Waals surface area contributed by atoms with Gasteiger partial charge in [-0.15, -0.1) is 11.8 Å². The van der Waals surface area contributed by atoms with E-state index in [0.717, 1.165) is 12.0 Å². The Kier molecular flexibility index (Phi) is 5.44. The Morgan fingerprint density at radius 2 is 1.96 bits per heavy atom. The number of furan rings is 1. The first-order valence-corrected chi connectivity index (χ1v) is 10.7. The third kappa shape index (κ3) is 3.80. The maximum Gasteiger partial charge on any atom is 0.255 e. The van der Waals surface area contributed by atoms with Crippen LogP contribution >= 0.6 is 11.8 Å². The predicted molar refractivity (Wildman–Crippen MR) is 114 cm³/mol. The fraction of sp³-hybridized carbons (Fsp3) is 0.261. The summed E-state index contributed by atoms with van der Waals surface area (Å²) in [4.78, 5) is 16.3. The van der Waals surface area contributed by atoms with Crippen molar-refractivity contribution >= 4 is 23.4 Å². The average Bonchev–Trinajstić information content (AvgIpc) is 3.31. The summed E-state index contributed by atoms with van der Waals surface area (Å²) in [6.07, 6.45) is 4.67. The van der Waals surface area contributed by atoms with E-state index < -0.39 is 0 Å². The first-order valence-electron chi connectivity index (χ1n) is 9.47. The normalized spacial score (nSPS) is 15.5. The van der Waals surface area contributed by atoms with Crippen LogP contribution in [0.25, 0.3) is 0 Å². The lowest BCUT2D eigenvalue weighted by Gasteiger charge is -2.24. The summed E-state index contributed by atoms with van der Waals surface area (Å²) in [6.45, 7) is 3.30. The van der Waals surface area contributed by atoms with Gasteiger partial charge in [0.05, 0.1) is 18.4 Å². The summed E-state index contributed by atoms with van der Waals surface area (Å²) in [6, 6.07) is 18.8. The number of rotatable bonds is 6. The van der Waals surface area contributed by atoms with Gasteiger partial charge in [0.15, 0.2) is 0 Å². The number of benzene rings is 2. The van der Waals surface area contributed by atoms with Gasteiger partial charge >= 0.3 is 0 Å². The molecular formula is C23H24N2O2S. The largest absolute Gasteiger partial charge is 0.467 e. The van der Waals surface area contributed by atoms with Gasteiger partial charge in [-0.2, -0.15) is 0 Å². The highest BCUT2D eigenvalue weighted by Gasteiger charge is 2.27. The highest BCUT2D eigenvalue weighted by atomic mass is 32.2. The maximum atomic E-state index is 12.7. The highest BCUT2D eigenvalue weighted by Crippen LogP contribution is 2.33. The Bertz CT molecular complexity index is 965. The second-order valence-corrected chi connectivity index (χ2v) is 7.98. The number of hydrogen-bond donors (Lipinski definition) is 1. The van der Waals surface area contributed by atoms with Crippen LogP contribution < -0.4 is 10.2 Å². The number of carbonyl (C=O) groups is 1. The van der Waals surface area contributed by atoms with Gasteiger partial charge in [-0.05, 0) is 55.0 Å². The van der Waals surface area contributed by atoms with Crippen molar-refractivity contribution in [2.24, 2.45) is 0 Å². The Morgan fingerprint density at radius 1 is 1.18 bits per heavy atom. The smallest absolute Gasteiger partial charge is 0.255 e. The molecule has 28 heavy (non-hydrogen) atoms. The van der Waals surface area contributed by atoms with Crippen LogP contribution in [-0.4, -0.2) is 18.2 Å². The number of fused-ring (bicyclic) bond motifs is 1. The average molecular weight is 393 g/mol. The molecule has 1 aliphatic rings. The Morgan fingerprint density at radius 3 is 2.75 bits per heavy atom. The molecule has 1 amide bonds. The summed E-state index contributed by atoms with van der Waals surface area (Å²) in [5, 5.41) is 3.01. The van der Waals surface area contributed by atoms with E-state index >= 15 is 0 Å². The molecule has 0 aliphatic carbocycles. The van der Waals surface area contributed by atoms with E-state index in [1.165, 1.54) is 16.1 Å². The topological polar surface area (TPSA) is 45.5 Å². The van der Waals surface area contributed by atoms with Crippen molar-refractivity contribution in [3.63, 3.8) is 0 Å². The molecule has 5 heteroatoms. The number of amides is 1. The SMILES string of the molecule is CSc1ccc(CNC(=O)c2ccoc2CN2c3ccccc3CC2C)cc1. The number of para-hydroxylation sites is 1. The van der Waals surface area contributed by atoms with Gasteiger partial charge < -0.3 is 14.6 Å². The molecular weight excluding hydrogens is 368 g/mol. The molecule has 1 N–H and O–H groups in total. The summed E-state index contributed by atoms with van der Waals surface area (Å²) >= 11 is 1.71. The van der Waals surface area contributed by atoms with E-state index in [4.69, 9.17) is 4.42 Å². The van der Waals surface area contributed by atoms with Crippen molar-refractivity contribution in [3.05, 3.63) is 83.3 Å².